The van der Waals surface area contributed by atoms with Crippen molar-refractivity contribution in [1.82, 2.24) is 9.62 Å². The Morgan fingerprint density at radius 3 is 2.71 bits per heavy atom. The summed E-state index contributed by atoms with van der Waals surface area (Å²) in [7, 11) is -4.10. The Morgan fingerprint density at radius 1 is 1.29 bits per heavy atom. The Bertz CT molecular complexity index is 1070. The van der Waals surface area contributed by atoms with Crippen molar-refractivity contribution in [2.45, 2.75) is 62.9 Å². The van der Waals surface area contributed by atoms with Gasteiger partial charge in [0.1, 0.15) is 17.0 Å². The number of carbonyl (C=O) groups is 2. The maximum atomic E-state index is 13.5. The minimum absolute atomic E-state index is 0.0750. The summed E-state index contributed by atoms with van der Waals surface area (Å²) >= 11 is 0. The van der Waals surface area contributed by atoms with Crippen molar-refractivity contribution in [3.8, 4) is 0 Å². The molecule has 11 nitrogen and oxygen atoms in total. The smallest absolute Gasteiger partial charge is 0.326 e. The van der Waals surface area contributed by atoms with E-state index < -0.39 is 34.0 Å². The molecule has 194 valence electrons. The zero-order chi connectivity index (χ0) is 25.8. The highest BCUT2D eigenvalue weighted by Crippen LogP contribution is 2.31. The SMILES string of the molecule is C[C@H]1CNc2c(cccc2S(=O)(=O)NC(CCCN=C(N)N)C(=O)N2CC[C@H](C)C[C@H]2C(=O)O)C1. The number of carboxylic acids is 1. The van der Waals surface area contributed by atoms with E-state index in [2.05, 4.69) is 22.0 Å². The summed E-state index contributed by atoms with van der Waals surface area (Å²) in [5.74, 6) is -1.22. The van der Waals surface area contributed by atoms with Crippen LogP contribution in [0.4, 0.5) is 5.69 Å². The molecule has 2 heterocycles. The fraction of sp³-hybridized carbons (Fsp3) is 0.609. The molecule has 0 aromatic heterocycles. The third-order valence-corrected chi connectivity index (χ3v) is 8.09. The molecule has 2 aliphatic rings. The topological polar surface area (TPSA) is 180 Å². The molecule has 0 aliphatic carbocycles. The number of amides is 1. The molecule has 4 atom stereocenters. The van der Waals surface area contributed by atoms with Gasteiger partial charge in [-0.3, -0.25) is 9.79 Å². The Balaban J connectivity index is 1.88. The first kappa shape index (κ1) is 26.7. The van der Waals surface area contributed by atoms with Crippen molar-refractivity contribution in [3.63, 3.8) is 0 Å². The number of carbonyl (C=O) groups excluding carboxylic acids is 1. The number of hydrogen-bond acceptors (Lipinski definition) is 6. The van der Waals surface area contributed by atoms with E-state index in [-0.39, 0.29) is 36.3 Å². The quantitative estimate of drug-likeness (QED) is 0.184. The van der Waals surface area contributed by atoms with E-state index >= 15 is 0 Å². The highest BCUT2D eigenvalue weighted by molar-refractivity contribution is 7.89. The standard InChI is InChI=1S/C23H36N6O5S/c1-14-8-10-29(18(12-14)22(31)32)21(30)17(6-4-9-26-23(24)25)28-35(33,34)19-7-3-5-16-11-15(2)13-27-20(16)19/h3,5,7,14-15,17-18,27-28H,4,6,8-13H2,1-2H3,(H,31,32)(H4,24,25,26)/t14-,15+,17?,18-/m0/s1. The van der Waals surface area contributed by atoms with Gasteiger partial charge < -0.3 is 26.8 Å². The number of anilines is 1. The van der Waals surface area contributed by atoms with Crippen molar-refractivity contribution in [2.75, 3.05) is 25.0 Å². The van der Waals surface area contributed by atoms with E-state index in [0.717, 1.165) is 12.0 Å². The van der Waals surface area contributed by atoms with Crippen LogP contribution < -0.4 is 21.5 Å². The Hall–Kier alpha value is -2.86. The predicted octanol–water partition coefficient (Wildman–Crippen LogP) is 0.703. The number of rotatable bonds is 9. The molecule has 0 spiro atoms. The van der Waals surface area contributed by atoms with Gasteiger partial charge in [-0.15, -0.1) is 0 Å². The molecule has 12 heteroatoms. The van der Waals surface area contributed by atoms with Crippen molar-refractivity contribution < 1.29 is 23.1 Å². The fourth-order valence-electron chi connectivity index (χ4n) is 4.72. The lowest BCUT2D eigenvalue weighted by Crippen LogP contribution is -2.56. The molecule has 0 bridgehead atoms. The summed E-state index contributed by atoms with van der Waals surface area (Å²) in [6, 6.07) is 2.94. The summed E-state index contributed by atoms with van der Waals surface area (Å²) in [5, 5.41) is 12.9. The summed E-state index contributed by atoms with van der Waals surface area (Å²) < 4.78 is 29.5. The largest absolute Gasteiger partial charge is 0.480 e. The lowest BCUT2D eigenvalue weighted by Gasteiger charge is -2.38. The molecule has 1 fully saturated rings. The summed E-state index contributed by atoms with van der Waals surface area (Å²) in [4.78, 5) is 30.7. The number of hydrogen-bond donors (Lipinski definition) is 5. The van der Waals surface area contributed by atoms with Crippen LogP contribution in [0, 0.1) is 11.8 Å². The van der Waals surface area contributed by atoms with Crippen LogP contribution in [0.3, 0.4) is 0 Å². The Morgan fingerprint density at radius 2 is 2.03 bits per heavy atom. The minimum atomic E-state index is -4.10. The van der Waals surface area contributed by atoms with Crippen molar-refractivity contribution in [2.24, 2.45) is 28.3 Å². The van der Waals surface area contributed by atoms with Crippen molar-refractivity contribution in [3.05, 3.63) is 23.8 Å². The molecule has 1 aromatic carbocycles. The lowest BCUT2D eigenvalue weighted by molar-refractivity contribution is -0.153. The van der Waals surface area contributed by atoms with Crippen LogP contribution in [-0.2, 0) is 26.0 Å². The second-order valence-electron chi connectivity index (χ2n) is 9.62. The number of aliphatic carboxylic acids is 1. The summed E-state index contributed by atoms with van der Waals surface area (Å²) in [6.07, 6.45) is 2.17. The number of para-hydroxylation sites is 1. The zero-order valence-corrected chi connectivity index (χ0v) is 21.1. The van der Waals surface area contributed by atoms with E-state index in [1.54, 1.807) is 6.07 Å². The van der Waals surface area contributed by atoms with E-state index in [0.29, 0.717) is 37.4 Å². The van der Waals surface area contributed by atoms with E-state index in [1.165, 1.54) is 11.0 Å². The van der Waals surface area contributed by atoms with Gasteiger partial charge >= 0.3 is 5.97 Å². The Labute approximate surface area is 206 Å². The lowest BCUT2D eigenvalue weighted by atomic mass is 9.91. The molecule has 7 N–H and O–H groups in total. The van der Waals surface area contributed by atoms with Crippen LogP contribution in [0.2, 0.25) is 0 Å². The average Bonchev–Trinajstić information content (AvgIpc) is 2.79. The van der Waals surface area contributed by atoms with Gasteiger partial charge in [0.15, 0.2) is 5.96 Å². The summed E-state index contributed by atoms with van der Waals surface area (Å²) in [6.45, 7) is 5.14. The van der Waals surface area contributed by atoms with Crippen LogP contribution in [0.25, 0.3) is 0 Å². The Kier molecular flexibility index (Phi) is 8.60. The first-order chi connectivity index (χ1) is 16.5. The van der Waals surface area contributed by atoms with E-state index in [4.69, 9.17) is 11.5 Å². The van der Waals surface area contributed by atoms with Gasteiger partial charge in [0.05, 0.1) is 5.69 Å². The van der Waals surface area contributed by atoms with Gasteiger partial charge in [-0.05, 0) is 55.6 Å². The number of likely N-dealkylation sites (tertiary alicyclic amines) is 1. The van der Waals surface area contributed by atoms with E-state index in [1.807, 2.05) is 13.0 Å². The maximum absolute atomic E-state index is 13.5. The molecule has 35 heavy (non-hydrogen) atoms. The van der Waals surface area contributed by atoms with Gasteiger partial charge in [-0.1, -0.05) is 26.0 Å². The zero-order valence-electron chi connectivity index (χ0n) is 20.2. The molecule has 1 aromatic rings. The number of carboxylic acid groups (broad SMARTS) is 1. The number of nitrogens with zero attached hydrogens (tertiary/aromatic N) is 2. The third-order valence-electron chi connectivity index (χ3n) is 6.57. The van der Waals surface area contributed by atoms with E-state index in [9.17, 15) is 23.1 Å². The van der Waals surface area contributed by atoms with Crippen LogP contribution >= 0.6 is 0 Å². The molecule has 3 rings (SSSR count). The number of piperidine rings is 1. The molecular formula is C23H36N6O5S. The van der Waals surface area contributed by atoms with Gasteiger partial charge in [0.2, 0.25) is 15.9 Å². The number of fused-ring (bicyclic) bond motifs is 1. The van der Waals surface area contributed by atoms with Crippen LogP contribution in [0.5, 0.6) is 0 Å². The van der Waals surface area contributed by atoms with Gasteiger partial charge in [0, 0.05) is 19.6 Å². The average molecular weight is 509 g/mol. The number of sulfonamides is 1. The third kappa shape index (κ3) is 6.63. The van der Waals surface area contributed by atoms with Gasteiger partial charge in [-0.25, -0.2) is 13.2 Å². The molecule has 2 aliphatic heterocycles. The number of benzene rings is 1. The number of nitrogens with one attached hydrogen (secondary N) is 2. The fourth-order valence-corrected chi connectivity index (χ4v) is 6.17. The van der Waals surface area contributed by atoms with Crippen LogP contribution in [0.1, 0.15) is 45.1 Å². The summed E-state index contributed by atoms with van der Waals surface area (Å²) in [5.41, 5.74) is 12.2. The van der Waals surface area contributed by atoms with Crippen molar-refractivity contribution in [1.29, 1.82) is 0 Å². The number of nitrogens with two attached hydrogens (primary N) is 2. The van der Waals surface area contributed by atoms with Crippen molar-refractivity contribution >= 4 is 33.5 Å². The highest BCUT2D eigenvalue weighted by atomic mass is 32.2. The first-order valence-electron chi connectivity index (χ1n) is 12.0. The second-order valence-corrected chi connectivity index (χ2v) is 11.3. The molecule has 0 saturated carbocycles. The molecular weight excluding hydrogens is 472 g/mol. The number of guanidine groups is 1. The normalized spacial score (nSPS) is 23.0. The molecule has 0 radical (unpaired) electrons. The van der Waals surface area contributed by atoms with Gasteiger partial charge in [-0.2, -0.15) is 4.72 Å². The van der Waals surface area contributed by atoms with Gasteiger partial charge in [0.25, 0.3) is 0 Å². The highest BCUT2D eigenvalue weighted by Gasteiger charge is 2.39. The maximum Gasteiger partial charge on any atom is 0.326 e. The minimum Gasteiger partial charge on any atom is -0.480 e. The first-order valence-corrected chi connectivity index (χ1v) is 13.4. The van der Waals surface area contributed by atoms with Crippen LogP contribution in [0.15, 0.2) is 28.1 Å². The predicted molar refractivity (Wildman–Crippen MR) is 133 cm³/mol. The monoisotopic (exact) mass is 508 g/mol. The molecule has 1 amide bonds. The molecule has 1 unspecified atom stereocenters. The number of aliphatic imine (C=N–C) groups is 1. The second kappa shape index (κ2) is 11.3. The molecule has 1 saturated heterocycles. The van der Waals surface area contributed by atoms with Crippen LogP contribution in [-0.4, -0.2) is 68.0 Å².